The number of halogens is 6. The summed E-state index contributed by atoms with van der Waals surface area (Å²) in [6, 6.07) is 0.294. The lowest BCUT2D eigenvalue weighted by Crippen LogP contribution is -2.40. The molecule has 0 fully saturated rings. The SMILES string of the molecule is CC(O)(c1ncc(C(F)(F)F)cc1N)C(F)(F)F. The van der Waals surface area contributed by atoms with Gasteiger partial charge in [0.2, 0.25) is 5.60 Å². The van der Waals surface area contributed by atoms with Crippen LogP contribution in [-0.2, 0) is 11.8 Å². The molecular formula is C9H8F6N2O. The van der Waals surface area contributed by atoms with Gasteiger partial charge in [-0.05, 0) is 13.0 Å². The molecule has 0 spiro atoms. The van der Waals surface area contributed by atoms with Gasteiger partial charge in [0.05, 0.1) is 11.3 Å². The molecule has 0 amide bonds. The van der Waals surface area contributed by atoms with Gasteiger partial charge in [0.1, 0.15) is 5.69 Å². The van der Waals surface area contributed by atoms with Crippen LogP contribution < -0.4 is 5.73 Å². The van der Waals surface area contributed by atoms with Gasteiger partial charge in [-0.1, -0.05) is 0 Å². The summed E-state index contributed by atoms with van der Waals surface area (Å²) in [7, 11) is 0. The largest absolute Gasteiger partial charge is 0.422 e. The molecule has 9 heteroatoms. The normalized spacial score (nSPS) is 16.4. The summed E-state index contributed by atoms with van der Waals surface area (Å²) in [6.45, 7) is 0.360. The van der Waals surface area contributed by atoms with Gasteiger partial charge in [-0.15, -0.1) is 0 Å². The number of rotatable bonds is 1. The molecule has 0 radical (unpaired) electrons. The Morgan fingerprint density at radius 2 is 1.67 bits per heavy atom. The molecule has 0 aromatic carbocycles. The molecule has 1 aromatic rings. The minimum atomic E-state index is -5.10. The van der Waals surface area contributed by atoms with E-state index in [1.807, 2.05) is 0 Å². The van der Waals surface area contributed by atoms with E-state index in [1.165, 1.54) is 0 Å². The van der Waals surface area contributed by atoms with Crippen LogP contribution in [-0.4, -0.2) is 16.3 Å². The molecule has 102 valence electrons. The molecule has 1 aromatic heterocycles. The van der Waals surface area contributed by atoms with Crippen molar-refractivity contribution in [1.29, 1.82) is 0 Å². The summed E-state index contributed by atoms with van der Waals surface area (Å²) < 4.78 is 74.1. The van der Waals surface area contributed by atoms with Crippen molar-refractivity contribution < 1.29 is 31.4 Å². The number of alkyl halides is 6. The summed E-state index contributed by atoms with van der Waals surface area (Å²) in [5, 5.41) is 9.25. The van der Waals surface area contributed by atoms with Gasteiger partial charge in [0, 0.05) is 6.20 Å². The molecule has 1 heterocycles. The van der Waals surface area contributed by atoms with Crippen molar-refractivity contribution in [3.63, 3.8) is 0 Å². The highest BCUT2D eigenvalue weighted by atomic mass is 19.4. The average molecular weight is 274 g/mol. The maximum atomic E-state index is 12.5. The number of aromatic nitrogens is 1. The van der Waals surface area contributed by atoms with Gasteiger partial charge < -0.3 is 10.8 Å². The van der Waals surface area contributed by atoms with Crippen LogP contribution in [0, 0.1) is 0 Å². The maximum Gasteiger partial charge on any atom is 0.422 e. The number of pyridine rings is 1. The van der Waals surface area contributed by atoms with Crippen LogP contribution in [0.5, 0.6) is 0 Å². The molecule has 3 nitrogen and oxygen atoms in total. The predicted molar refractivity (Wildman–Crippen MR) is 49.3 cm³/mol. The Morgan fingerprint density at radius 3 is 2.00 bits per heavy atom. The van der Waals surface area contributed by atoms with E-state index in [0.717, 1.165) is 0 Å². The molecule has 1 atom stereocenters. The van der Waals surface area contributed by atoms with Gasteiger partial charge in [-0.25, -0.2) is 0 Å². The van der Waals surface area contributed by atoms with Gasteiger partial charge in [-0.3, -0.25) is 4.98 Å². The van der Waals surface area contributed by atoms with E-state index < -0.39 is 34.9 Å². The number of anilines is 1. The van der Waals surface area contributed by atoms with Crippen molar-refractivity contribution in [3.05, 3.63) is 23.5 Å². The molecule has 0 aliphatic rings. The van der Waals surface area contributed by atoms with E-state index in [1.54, 1.807) is 0 Å². The Balaban J connectivity index is 3.31. The van der Waals surface area contributed by atoms with Crippen LogP contribution in [0.1, 0.15) is 18.2 Å². The minimum Gasteiger partial charge on any atom is -0.397 e. The van der Waals surface area contributed by atoms with E-state index in [9.17, 15) is 31.4 Å². The third-order valence-electron chi connectivity index (χ3n) is 2.26. The lowest BCUT2D eigenvalue weighted by Gasteiger charge is -2.26. The second-order valence-electron chi connectivity index (χ2n) is 3.73. The summed E-state index contributed by atoms with van der Waals surface area (Å²) in [5.74, 6) is 0. The average Bonchev–Trinajstić information content (AvgIpc) is 2.13. The molecular weight excluding hydrogens is 266 g/mol. The summed E-state index contributed by atoms with van der Waals surface area (Å²) in [6.07, 6.45) is -9.69. The second kappa shape index (κ2) is 4.01. The lowest BCUT2D eigenvalue weighted by molar-refractivity contribution is -0.260. The fourth-order valence-electron chi connectivity index (χ4n) is 1.18. The van der Waals surface area contributed by atoms with Crippen molar-refractivity contribution in [1.82, 2.24) is 4.98 Å². The zero-order valence-corrected chi connectivity index (χ0v) is 8.89. The zero-order valence-electron chi connectivity index (χ0n) is 8.89. The summed E-state index contributed by atoms with van der Waals surface area (Å²) in [4.78, 5) is 2.97. The molecule has 0 saturated heterocycles. The Morgan fingerprint density at radius 1 is 1.17 bits per heavy atom. The van der Waals surface area contributed by atoms with E-state index in [2.05, 4.69) is 4.98 Å². The van der Waals surface area contributed by atoms with Crippen molar-refractivity contribution >= 4 is 5.69 Å². The molecule has 1 rings (SSSR count). The van der Waals surface area contributed by atoms with Gasteiger partial charge in [-0.2, -0.15) is 26.3 Å². The number of nitrogens with zero attached hydrogens (tertiary/aromatic N) is 1. The van der Waals surface area contributed by atoms with Gasteiger partial charge in [0.15, 0.2) is 0 Å². The van der Waals surface area contributed by atoms with Crippen LogP contribution in [0.15, 0.2) is 12.3 Å². The molecule has 3 N–H and O–H groups in total. The Hall–Kier alpha value is -1.51. The third-order valence-corrected chi connectivity index (χ3v) is 2.26. The molecule has 1 unspecified atom stereocenters. The van der Waals surface area contributed by atoms with Gasteiger partial charge >= 0.3 is 12.4 Å². The predicted octanol–water partition coefficient (Wildman–Crippen LogP) is 2.45. The standard InChI is InChI=1S/C9H8F6N2O/c1-7(18,9(13,14)15)6-5(16)2-4(3-17-6)8(10,11)12/h2-3,18H,16H2,1H3. The molecule has 0 bridgehead atoms. The minimum absolute atomic E-state index is 0.186. The molecule has 0 saturated carbocycles. The monoisotopic (exact) mass is 274 g/mol. The molecule has 0 aliphatic heterocycles. The van der Waals surface area contributed by atoms with E-state index in [4.69, 9.17) is 5.73 Å². The third kappa shape index (κ3) is 2.50. The highest BCUT2D eigenvalue weighted by Gasteiger charge is 2.53. The lowest BCUT2D eigenvalue weighted by atomic mass is 9.99. The van der Waals surface area contributed by atoms with Crippen LogP contribution >= 0.6 is 0 Å². The van der Waals surface area contributed by atoms with Crippen LogP contribution in [0.3, 0.4) is 0 Å². The first-order valence-corrected chi connectivity index (χ1v) is 4.49. The quantitative estimate of drug-likeness (QED) is 0.773. The first kappa shape index (κ1) is 14.6. The zero-order chi connectivity index (χ0) is 14.4. The molecule has 18 heavy (non-hydrogen) atoms. The number of hydrogen-bond donors (Lipinski definition) is 2. The fourth-order valence-corrected chi connectivity index (χ4v) is 1.18. The molecule has 0 aliphatic carbocycles. The van der Waals surface area contributed by atoms with Crippen molar-refractivity contribution in [2.45, 2.75) is 24.9 Å². The smallest absolute Gasteiger partial charge is 0.397 e. The van der Waals surface area contributed by atoms with E-state index in [0.29, 0.717) is 13.0 Å². The maximum absolute atomic E-state index is 12.5. The van der Waals surface area contributed by atoms with Gasteiger partial charge in [0.25, 0.3) is 0 Å². The highest BCUT2D eigenvalue weighted by molar-refractivity contribution is 5.48. The van der Waals surface area contributed by atoms with E-state index in [-0.39, 0.29) is 6.20 Å². The van der Waals surface area contributed by atoms with Crippen LogP contribution in [0.4, 0.5) is 32.0 Å². The topological polar surface area (TPSA) is 59.1 Å². The highest BCUT2D eigenvalue weighted by Crippen LogP contribution is 2.41. The second-order valence-corrected chi connectivity index (χ2v) is 3.73. The first-order valence-electron chi connectivity index (χ1n) is 4.49. The van der Waals surface area contributed by atoms with Crippen molar-refractivity contribution in [3.8, 4) is 0 Å². The summed E-state index contributed by atoms with van der Waals surface area (Å²) in [5.41, 5.74) is -1.58. The first-order chi connectivity index (χ1) is 7.87. The fraction of sp³-hybridized carbons (Fsp3) is 0.444. The van der Waals surface area contributed by atoms with Crippen LogP contribution in [0.25, 0.3) is 0 Å². The Kier molecular flexibility index (Phi) is 3.24. The number of nitrogens with two attached hydrogens (primary N) is 1. The Bertz CT molecular complexity index is 451. The van der Waals surface area contributed by atoms with Crippen LogP contribution in [0.2, 0.25) is 0 Å². The number of aliphatic hydroxyl groups is 1. The van der Waals surface area contributed by atoms with Crippen molar-refractivity contribution in [2.24, 2.45) is 0 Å². The Labute approximate surface area is 97.2 Å². The summed E-state index contributed by atoms with van der Waals surface area (Å²) >= 11 is 0. The van der Waals surface area contributed by atoms with E-state index >= 15 is 0 Å². The number of nitrogen functional groups attached to an aromatic ring is 1. The number of hydrogen-bond acceptors (Lipinski definition) is 3. The van der Waals surface area contributed by atoms with Crippen molar-refractivity contribution in [2.75, 3.05) is 5.73 Å².